The van der Waals surface area contributed by atoms with Gasteiger partial charge in [0.15, 0.2) is 0 Å². The number of hydrogen-bond donors (Lipinski definition) is 1. The van der Waals surface area contributed by atoms with Gasteiger partial charge in [0.2, 0.25) is 5.91 Å². The molecular weight excluding hydrogens is 270 g/mol. The first-order chi connectivity index (χ1) is 9.74. The van der Waals surface area contributed by atoms with Crippen molar-refractivity contribution in [1.29, 1.82) is 0 Å². The van der Waals surface area contributed by atoms with Crippen molar-refractivity contribution < 1.29 is 4.79 Å². The van der Waals surface area contributed by atoms with Gasteiger partial charge in [-0.05, 0) is 19.1 Å². The zero-order valence-electron chi connectivity index (χ0n) is 11.0. The molecular formula is C15H13N3OS. The number of benzene rings is 1. The second-order valence-corrected chi connectivity index (χ2v) is 5.41. The van der Waals surface area contributed by atoms with E-state index in [1.807, 2.05) is 37.3 Å². The smallest absolute Gasteiger partial charge is 0.229 e. The molecule has 3 rings (SSSR count). The molecule has 20 heavy (non-hydrogen) atoms. The van der Waals surface area contributed by atoms with Crippen LogP contribution in [0.25, 0.3) is 10.9 Å². The van der Waals surface area contributed by atoms with Crippen LogP contribution in [0.3, 0.4) is 0 Å². The maximum Gasteiger partial charge on any atom is 0.229 e. The maximum atomic E-state index is 12.1. The Morgan fingerprint density at radius 1 is 1.25 bits per heavy atom. The number of aryl methyl sites for hydroxylation is 1. The van der Waals surface area contributed by atoms with Crippen LogP contribution >= 0.6 is 11.3 Å². The molecule has 0 aliphatic heterocycles. The Bertz CT molecular complexity index is 761. The molecule has 5 heteroatoms. The molecule has 0 bridgehead atoms. The third-order valence-electron chi connectivity index (χ3n) is 3.07. The van der Waals surface area contributed by atoms with E-state index in [0.717, 1.165) is 27.2 Å². The zero-order chi connectivity index (χ0) is 13.9. The summed E-state index contributed by atoms with van der Waals surface area (Å²) in [5.41, 5.74) is 4.23. The van der Waals surface area contributed by atoms with E-state index in [1.54, 1.807) is 11.7 Å². The Kier molecular flexibility index (Phi) is 3.43. The summed E-state index contributed by atoms with van der Waals surface area (Å²) in [5, 5.41) is 3.94. The number of fused-ring (bicyclic) bond motifs is 1. The number of carbonyl (C=O) groups excluding carboxylic acids is 1. The monoisotopic (exact) mass is 283 g/mol. The highest BCUT2D eigenvalue weighted by molar-refractivity contribution is 7.09. The summed E-state index contributed by atoms with van der Waals surface area (Å²) in [6.07, 6.45) is 2.07. The second-order valence-electron chi connectivity index (χ2n) is 4.47. The first kappa shape index (κ1) is 12.7. The predicted octanol–water partition coefficient (Wildman–Crippen LogP) is 3.18. The lowest BCUT2D eigenvalue weighted by atomic mass is 10.2. The standard InChI is InChI=1S/C15H13N3OS/c1-10-13(20-9-17-10)8-14(19)18-12-6-2-4-11-5-3-7-16-15(11)12/h2-7,9H,8H2,1H3,(H,18,19). The minimum atomic E-state index is -0.0458. The minimum absolute atomic E-state index is 0.0458. The van der Waals surface area contributed by atoms with Gasteiger partial charge in [0, 0.05) is 16.5 Å². The number of nitrogens with one attached hydrogen (secondary N) is 1. The van der Waals surface area contributed by atoms with Crippen LogP contribution in [0.2, 0.25) is 0 Å². The summed E-state index contributed by atoms with van der Waals surface area (Å²) in [4.78, 5) is 21.6. The molecule has 1 aromatic carbocycles. The molecule has 0 saturated heterocycles. The van der Waals surface area contributed by atoms with Crippen LogP contribution in [0, 0.1) is 6.92 Å². The van der Waals surface area contributed by atoms with Crippen LogP contribution < -0.4 is 5.32 Å². The SMILES string of the molecule is Cc1ncsc1CC(=O)Nc1cccc2cccnc12. The summed E-state index contributed by atoms with van der Waals surface area (Å²) in [6, 6.07) is 9.62. The molecule has 0 unspecified atom stereocenters. The van der Waals surface area contributed by atoms with Gasteiger partial charge in [-0.1, -0.05) is 18.2 Å². The van der Waals surface area contributed by atoms with E-state index < -0.39 is 0 Å². The first-order valence-electron chi connectivity index (χ1n) is 6.26. The number of amides is 1. The van der Waals surface area contributed by atoms with Gasteiger partial charge in [-0.25, -0.2) is 4.98 Å². The Morgan fingerprint density at radius 2 is 2.10 bits per heavy atom. The number of carbonyl (C=O) groups is 1. The van der Waals surface area contributed by atoms with Gasteiger partial charge < -0.3 is 5.32 Å². The average molecular weight is 283 g/mol. The number of pyridine rings is 1. The summed E-state index contributed by atoms with van der Waals surface area (Å²) in [5.74, 6) is -0.0458. The van der Waals surface area contributed by atoms with E-state index in [9.17, 15) is 4.79 Å². The minimum Gasteiger partial charge on any atom is -0.324 e. The fraction of sp³-hybridized carbons (Fsp3) is 0.133. The molecule has 0 aliphatic rings. The van der Waals surface area contributed by atoms with E-state index in [-0.39, 0.29) is 5.91 Å². The van der Waals surface area contributed by atoms with Crippen molar-refractivity contribution in [2.75, 3.05) is 5.32 Å². The van der Waals surface area contributed by atoms with Crippen molar-refractivity contribution in [1.82, 2.24) is 9.97 Å². The van der Waals surface area contributed by atoms with Gasteiger partial charge in [0.25, 0.3) is 0 Å². The van der Waals surface area contributed by atoms with E-state index >= 15 is 0 Å². The Morgan fingerprint density at radius 3 is 2.90 bits per heavy atom. The molecule has 0 atom stereocenters. The molecule has 2 heterocycles. The fourth-order valence-corrected chi connectivity index (χ4v) is 2.82. The third kappa shape index (κ3) is 2.53. The van der Waals surface area contributed by atoms with Gasteiger partial charge in [-0.3, -0.25) is 9.78 Å². The lowest BCUT2D eigenvalue weighted by Gasteiger charge is -2.07. The second kappa shape index (κ2) is 5.38. The first-order valence-corrected chi connectivity index (χ1v) is 7.14. The van der Waals surface area contributed by atoms with E-state index in [1.165, 1.54) is 11.3 Å². The van der Waals surface area contributed by atoms with E-state index in [4.69, 9.17) is 0 Å². The van der Waals surface area contributed by atoms with Gasteiger partial charge in [0.1, 0.15) is 0 Å². The number of aromatic nitrogens is 2. The highest BCUT2D eigenvalue weighted by atomic mass is 32.1. The molecule has 1 N–H and O–H groups in total. The Balaban J connectivity index is 1.83. The molecule has 0 spiro atoms. The largest absolute Gasteiger partial charge is 0.324 e. The zero-order valence-corrected chi connectivity index (χ0v) is 11.8. The van der Waals surface area contributed by atoms with Crippen LogP contribution in [0.15, 0.2) is 42.0 Å². The van der Waals surface area contributed by atoms with Crippen molar-refractivity contribution in [3.63, 3.8) is 0 Å². The van der Waals surface area contributed by atoms with Crippen molar-refractivity contribution in [3.05, 3.63) is 52.6 Å². The van der Waals surface area contributed by atoms with Gasteiger partial charge >= 0.3 is 0 Å². The molecule has 0 radical (unpaired) electrons. The van der Waals surface area contributed by atoms with Crippen LogP contribution in [0.4, 0.5) is 5.69 Å². The van der Waals surface area contributed by atoms with E-state index in [0.29, 0.717) is 6.42 Å². The van der Waals surface area contributed by atoms with Crippen LogP contribution in [0.1, 0.15) is 10.6 Å². The quantitative estimate of drug-likeness (QED) is 0.803. The highest BCUT2D eigenvalue weighted by Gasteiger charge is 2.10. The third-order valence-corrected chi connectivity index (χ3v) is 4.01. The van der Waals surface area contributed by atoms with Gasteiger partial charge in [-0.2, -0.15) is 0 Å². The molecule has 3 aromatic rings. The molecule has 4 nitrogen and oxygen atoms in total. The van der Waals surface area contributed by atoms with Crippen LogP contribution in [-0.2, 0) is 11.2 Å². The van der Waals surface area contributed by atoms with Crippen molar-refractivity contribution in [3.8, 4) is 0 Å². The summed E-state index contributed by atoms with van der Waals surface area (Å²) in [6.45, 7) is 1.92. The molecule has 100 valence electrons. The van der Waals surface area contributed by atoms with Crippen LogP contribution in [-0.4, -0.2) is 15.9 Å². The predicted molar refractivity (Wildman–Crippen MR) is 80.9 cm³/mol. The van der Waals surface area contributed by atoms with Crippen LogP contribution in [0.5, 0.6) is 0 Å². The van der Waals surface area contributed by atoms with Gasteiger partial charge in [0.05, 0.1) is 28.8 Å². The number of para-hydroxylation sites is 1. The topological polar surface area (TPSA) is 54.9 Å². The van der Waals surface area contributed by atoms with Crippen molar-refractivity contribution in [2.24, 2.45) is 0 Å². The normalized spacial score (nSPS) is 10.7. The average Bonchev–Trinajstić information content (AvgIpc) is 2.85. The number of thiazole rings is 1. The highest BCUT2D eigenvalue weighted by Crippen LogP contribution is 2.21. The molecule has 0 fully saturated rings. The lowest BCUT2D eigenvalue weighted by molar-refractivity contribution is -0.115. The Hall–Kier alpha value is -2.27. The summed E-state index contributed by atoms with van der Waals surface area (Å²) in [7, 11) is 0. The summed E-state index contributed by atoms with van der Waals surface area (Å²) < 4.78 is 0. The molecule has 2 aromatic heterocycles. The van der Waals surface area contributed by atoms with Crippen molar-refractivity contribution >= 4 is 33.8 Å². The lowest BCUT2D eigenvalue weighted by Crippen LogP contribution is -2.14. The number of anilines is 1. The molecule has 0 saturated carbocycles. The molecule has 1 amide bonds. The van der Waals surface area contributed by atoms with Gasteiger partial charge in [-0.15, -0.1) is 11.3 Å². The fourth-order valence-electron chi connectivity index (χ4n) is 2.04. The summed E-state index contributed by atoms with van der Waals surface area (Å²) >= 11 is 1.50. The number of hydrogen-bond acceptors (Lipinski definition) is 4. The van der Waals surface area contributed by atoms with E-state index in [2.05, 4.69) is 15.3 Å². The number of rotatable bonds is 3. The molecule has 0 aliphatic carbocycles. The van der Waals surface area contributed by atoms with Crippen molar-refractivity contribution in [2.45, 2.75) is 13.3 Å². The Labute approximate surface area is 120 Å². The number of nitrogens with zero attached hydrogens (tertiary/aromatic N) is 2. The maximum absolute atomic E-state index is 12.1.